The van der Waals surface area contributed by atoms with E-state index in [0.717, 1.165) is 19.3 Å². The van der Waals surface area contributed by atoms with E-state index in [1.165, 1.54) is 24.4 Å². The lowest BCUT2D eigenvalue weighted by molar-refractivity contribution is 0.0725. The molecule has 1 aromatic heterocycles. The van der Waals surface area contributed by atoms with Crippen LogP contribution in [0.4, 0.5) is 20.2 Å². The molecule has 28 heavy (non-hydrogen) atoms. The van der Waals surface area contributed by atoms with Gasteiger partial charge in [0.1, 0.15) is 11.6 Å². The van der Waals surface area contributed by atoms with Crippen LogP contribution in [0.25, 0.3) is 10.9 Å². The van der Waals surface area contributed by atoms with Crippen LogP contribution in [0.1, 0.15) is 35.2 Å². The number of carbonyl (C=O) groups excluding carboxylic acids is 1. The highest BCUT2D eigenvalue weighted by Crippen LogP contribution is 2.31. The molecule has 0 aliphatic carbocycles. The lowest BCUT2D eigenvalue weighted by Crippen LogP contribution is -2.36. The summed E-state index contributed by atoms with van der Waals surface area (Å²) in [5.41, 5.74) is 2.39. The Morgan fingerprint density at radius 3 is 2.61 bits per heavy atom. The summed E-state index contributed by atoms with van der Waals surface area (Å²) in [6.07, 6.45) is 4.56. The van der Waals surface area contributed by atoms with Crippen LogP contribution in [0.5, 0.6) is 0 Å². The van der Waals surface area contributed by atoms with E-state index in [1.807, 2.05) is 0 Å². The molecule has 0 atom stereocenters. The quantitative estimate of drug-likeness (QED) is 0.679. The van der Waals surface area contributed by atoms with Crippen molar-refractivity contribution in [2.75, 3.05) is 18.4 Å². The Bertz CT molecular complexity index is 1050. The van der Waals surface area contributed by atoms with E-state index in [1.54, 1.807) is 30.0 Å². The molecule has 6 heteroatoms. The molecule has 1 saturated heterocycles. The largest absolute Gasteiger partial charge is 0.354 e. The second kappa shape index (κ2) is 7.54. The number of anilines is 2. The summed E-state index contributed by atoms with van der Waals surface area (Å²) in [5.74, 6) is -0.915. The van der Waals surface area contributed by atoms with Crippen LogP contribution in [0.3, 0.4) is 0 Å². The lowest BCUT2D eigenvalue weighted by atomic mass is 10.1. The monoisotopic (exact) mass is 381 g/mol. The summed E-state index contributed by atoms with van der Waals surface area (Å²) < 4.78 is 28.0. The highest BCUT2D eigenvalue weighted by atomic mass is 19.1. The Labute approximate surface area is 162 Å². The summed E-state index contributed by atoms with van der Waals surface area (Å²) >= 11 is 0. The van der Waals surface area contributed by atoms with Crippen LogP contribution >= 0.6 is 0 Å². The molecule has 0 spiro atoms. The number of rotatable bonds is 3. The highest BCUT2D eigenvalue weighted by Gasteiger charge is 2.23. The van der Waals surface area contributed by atoms with Crippen LogP contribution in [-0.4, -0.2) is 28.9 Å². The predicted molar refractivity (Wildman–Crippen MR) is 106 cm³/mol. The summed E-state index contributed by atoms with van der Waals surface area (Å²) in [4.78, 5) is 19.3. The van der Waals surface area contributed by atoms with E-state index >= 15 is 0 Å². The molecule has 1 N–H and O–H groups in total. The van der Waals surface area contributed by atoms with Crippen molar-refractivity contribution in [3.8, 4) is 0 Å². The average molecular weight is 381 g/mol. The molecule has 2 aromatic carbocycles. The minimum atomic E-state index is -0.421. The first-order valence-electron chi connectivity index (χ1n) is 9.43. The Morgan fingerprint density at radius 2 is 1.86 bits per heavy atom. The number of aryl methyl sites for hydroxylation is 1. The van der Waals surface area contributed by atoms with Crippen LogP contribution in [0, 0.1) is 18.6 Å². The van der Waals surface area contributed by atoms with Gasteiger partial charge in [-0.3, -0.25) is 9.78 Å². The second-order valence-electron chi connectivity index (χ2n) is 7.15. The van der Waals surface area contributed by atoms with Gasteiger partial charge in [0.05, 0.1) is 16.8 Å². The molecule has 1 aliphatic heterocycles. The van der Waals surface area contributed by atoms with Gasteiger partial charge in [0, 0.05) is 30.4 Å². The SMILES string of the molecule is Cc1ccc(Nc2c(C(=O)N3CCCCC3)cnc3ccc(F)cc23)cc1F. The van der Waals surface area contributed by atoms with Gasteiger partial charge in [-0.05, 0) is 62.1 Å². The number of likely N-dealkylation sites (tertiary alicyclic amines) is 1. The minimum Gasteiger partial charge on any atom is -0.354 e. The molecule has 4 rings (SSSR count). The van der Waals surface area contributed by atoms with Crippen molar-refractivity contribution in [1.29, 1.82) is 0 Å². The number of nitrogens with one attached hydrogen (secondary N) is 1. The number of carbonyl (C=O) groups is 1. The van der Waals surface area contributed by atoms with Crippen LogP contribution in [0.2, 0.25) is 0 Å². The molecular weight excluding hydrogens is 360 g/mol. The first-order chi connectivity index (χ1) is 13.5. The average Bonchev–Trinajstić information content (AvgIpc) is 2.71. The predicted octanol–water partition coefficient (Wildman–Crippen LogP) is 5.19. The summed E-state index contributed by atoms with van der Waals surface area (Å²) in [6, 6.07) is 9.02. The van der Waals surface area contributed by atoms with E-state index in [2.05, 4.69) is 10.3 Å². The molecule has 0 unspecified atom stereocenters. The topological polar surface area (TPSA) is 45.2 Å². The molecule has 3 aromatic rings. The summed E-state index contributed by atoms with van der Waals surface area (Å²) in [7, 11) is 0. The molecule has 1 amide bonds. The van der Waals surface area contributed by atoms with Gasteiger partial charge in [-0.25, -0.2) is 8.78 Å². The molecule has 0 radical (unpaired) electrons. The van der Waals surface area contributed by atoms with Crippen molar-refractivity contribution in [1.82, 2.24) is 9.88 Å². The second-order valence-corrected chi connectivity index (χ2v) is 7.15. The summed E-state index contributed by atoms with van der Waals surface area (Å²) in [6.45, 7) is 3.07. The van der Waals surface area contributed by atoms with Crippen molar-refractivity contribution >= 4 is 28.2 Å². The minimum absolute atomic E-state index is 0.145. The molecule has 2 heterocycles. The third kappa shape index (κ3) is 3.54. The number of aromatic nitrogens is 1. The number of nitrogens with zero attached hydrogens (tertiary/aromatic N) is 2. The normalized spacial score (nSPS) is 14.3. The zero-order valence-corrected chi connectivity index (χ0v) is 15.6. The van der Waals surface area contributed by atoms with Gasteiger partial charge in [-0.15, -0.1) is 0 Å². The van der Waals surface area contributed by atoms with E-state index in [9.17, 15) is 13.6 Å². The van der Waals surface area contributed by atoms with E-state index in [0.29, 0.717) is 46.5 Å². The smallest absolute Gasteiger partial charge is 0.257 e. The number of benzene rings is 2. The fourth-order valence-electron chi connectivity index (χ4n) is 3.54. The Hall–Kier alpha value is -3.02. The van der Waals surface area contributed by atoms with Gasteiger partial charge in [0.2, 0.25) is 0 Å². The number of pyridine rings is 1. The third-order valence-corrected chi connectivity index (χ3v) is 5.14. The number of piperidine rings is 1. The van der Waals surface area contributed by atoms with Crippen molar-refractivity contribution in [2.45, 2.75) is 26.2 Å². The molecule has 4 nitrogen and oxygen atoms in total. The van der Waals surface area contributed by atoms with Crippen molar-refractivity contribution < 1.29 is 13.6 Å². The van der Waals surface area contributed by atoms with Crippen molar-refractivity contribution in [3.63, 3.8) is 0 Å². The van der Waals surface area contributed by atoms with Crippen LogP contribution in [-0.2, 0) is 0 Å². The molecule has 144 valence electrons. The molecule has 1 aliphatic rings. The van der Waals surface area contributed by atoms with Gasteiger partial charge in [-0.2, -0.15) is 0 Å². The fourth-order valence-corrected chi connectivity index (χ4v) is 3.54. The number of halogens is 2. The number of fused-ring (bicyclic) bond motifs is 1. The standard InChI is InChI=1S/C22H21F2N3O/c1-14-5-7-16(12-19(14)24)26-21-17-11-15(23)6-8-20(17)25-13-18(21)22(28)27-9-3-2-4-10-27/h5-8,11-13H,2-4,9-10H2,1H3,(H,25,26). The van der Waals surface area contributed by atoms with E-state index in [-0.39, 0.29) is 11.7 Å². The van der Waals surface area contributed by atoms with Crippen LogP contribution in [0.15, 0.2) is 42.6 Å². The number of hydrogen-bond acceptors (Lipinski definition) is 3. The van der Waals surface area contributed by atoms with Crippen molar-refractivity contribution in [2.24, 2.45) is 0 Å². The van der Waals surface area contributed by atoms with Crippen molar-refractivity contribution in [3.05, 3.63) is 65.4 Å². The molecule has 1 fully saturated rings. The van der Waals surface area contributed by atoms with Crippen LogP contribution < -0.4 is 5.32 Å². The number of hydrogen-bond donors (Lipinski definition) is 1. The molecule has 0 bridgehead atoms. The maximum absolute atomic E-state index is 14.0. The van der Waals surface area contributed by atoms with Gasteiger partial charge >= 0.3 is 0 Å². The first-order valence-corrected chi connectivity index (χ1v) is 9.43. The van der Waals surface area contributed by atoms with E-state index < -0.39 is 5.82 Å². The third-order valence-electron chi connectivity index (χ3n) is 5.14. The molecule has 0 saturated carbocycles. The fraction of sp³-hybridized carbons (Fsp3) is 0.273. The van der Waals surface area contributed by atoms with Gasteiger partial charge in [-0.1, -0.05) is 6.07 Å². The maximum Gasteiger partial charge on any atom is 0.257 e. The maximum atomic E-state index is 14.0. The first kappa shape index (κ1) is 18.3. The van der Waals surface area contributed by atoms with Gasteiger partial charge in [0.15, 0.2) is 0 Å². The zero-order valence-electron chi connectivity index (χ0n) is 15.6. The lowest BCUT2D eigenvalue weighted by Gasteiger charge is -2.27. The Kier molecular flexibility index (Phi) is 4.94. The van der Waals surface area contributed by atoms with Gasteiger partial charge < -0.3 is 10.2 Å². The number of amides is 1. The van der Waals surface area contributed by atoms with E-state index in [4.69, 9.17) is 0 Å². The summed E-state index contributed by atoms with van der Waals surface area (Å²) in [5, 5.41) is 3.63. The molecular formula is C22H21F2N3O. The Morgan fingerprint density at radius 1 is 1.07 bits per heavy atom. The Balaban J connectivity index is 1.83. The zero-order chi connectivity index (χ0) is 19.7. The highest BCUT2D eigenvalue weighted by molar-refractivity contribution is 6.08. The van der Waals surface area contributed by atoms with Gasteiger partial charge in [0.25, 0.3) is 5.91 Å².